The van der Waals surface area contributed by atoms with E-state index in [1.54, 1.807) is 0 Å². The first-order chi connectivity index (χ1) is 6.50. The molecule has 1 aliphatic carbocycles. The van der Waals surface area contributed by atoms with Crippen LogP contribution in [0, 0.1) is 0 Å². The van der Waals surface area contributed by atoms with Crippen LogP contribution in [0.15, 0.2) is 36.5 Å². The topological polar surface area (TPSA) is 0 Å². The maximum Gasteiger partial charge on any atom is -0.0316 e. The molecule has 0 aromatic heterocycles. The molecule has 1 rings (SSSR count). The highest BCUT2D eigenvalue weighted by atomic mass is 13.9. The van der Waals surface area contributed by atoms with E-state index in [0.29, 0.717) is 0 Å². The van der Waals surface area contributed by atoms with Gasteiger partial charge in [-0.3, -0.25) is 0 Å². The summed E-state index contributed by atoms with van der Waals surface area (Å²) in [6.07, 6.45) is 22.5. The van der Waals surface area contributed by atoms with E-state index in [2.05, 4.69) is 36.5 Å². The molecule has 13 heavy (non-hydrogen) atoms. The molecule has 72 valence electrons. The molecule has 0 unspecified atom stereocenters. The summed E-state index contributed by atoms with van der Waals surface area (Å²) in [6, 6.07) is 0. The lowest BCUT2D eigenvalue weighted by Crippen LogP contribution is -1.69. The van der Waals surface area contributed by atoms with Crippen molar-refractivity contribution in [1.82, 2.24) is 0 Å². The molecule has 0 nitrogen and oxygen atoms in total. The van der Waals surface area contributed by atoms with Crippen molar-refractivity contribution in [2.45, 2.75) is 44.9 Å². The van der Waals surface area contributed by atoms with E-state index in [1.807, 2.05) is 0 Å². The summed E-state index contributed by atoms with van der Waals surface area (Å²) in [6.45, 7) is 0. The summed E-state index contributed by atoms with van der Waals surface area (Å²) in [5.41, 5.74) is 0. The lowest BCUT2D eigenvalue weighted by atomic mass is 10.2. The molecular formula is C13H20. The number of hydrogen-bond donors (Lipinski definition) is 0. The molecule has 0 radical (unpaired) electrons. The molecule has 0 atom stereocenters. The van der Waals surface area contributed by atoms with Crippen molar-refractivity contribution < 1.29 is 0 Å². The van der Waals surface area contributed by atoms with Crippen LogP contribution in [0.3, 0.4) is 0 Å². The van der Waals surface area contributed by atoms with E-state index >= 15 is 0 Å². The molecule has 0 aromatic rings. The summed E-state index contributed by atoms with van der Waals surface area (Å²) < 4.78 is 0. The van der Waals surface area contributed by atoms with E-state index in [0.717, 1.165) is 0 Å². The molecule has 0 saturated carbocycles. The smallest absolute Gasteiger partial charge is 0.0316 e. The second kappa shape index (κ2) is 7.85. The van der Waals surface area contributed by atoms with Gasteiger partial charge in [0.2, 0.25) is 0 Å². The van der Waals surface area contributed by atoms with Gasteiger partial charge in [0.25, 0.3) is 0 Å². The molecule has 1 aliphatic rings. The maximum atomic E-state index is 2.32. The van der Waals surface area contributed by atoms with Crippen LogP contribution in [0.2, 0.25) is 0 Å². The maximum absolute atomic E-state index is 2.32. The zero-order chi connectivity index (χ0) is 9.19. The summed E-state index contributed by atoms with van der Waals surface area (Å²) in [5, 5.41) is 0. The molecule has 0 heteroatoms. The summed E-state index contributed by atoms with van der Waals surface area (Å²) in [5.74, 6) is 0. The van der Waals surface area contributed by atoms with Gasteiger partial charge in [0.1, 0.15) is 0 Å². The van der Waals surface area contributed by atoms with Gasteiger partial charge in [0.05, 0.1) is 0 Å². The van der Waals surface area contributed by atoms with Gasteiger partial charge in [-0.25, -0.2) is 0 Å². The third kappa shape index (κ3) is 6.39. The van der Waals surface area contributed by atoms with E-state index in [-0.39, 0.29) is 0 Å². The van der Waals surface area contributed by atoms with Crippen LogP contribution < -0.4 is 0 Å². The third-order valence-corrected chi connectivity index (χ3v) is 2.24. The van der Waals surface area contributed by atoms with Crippen molar-refractivity contribution >= 4 is 0 Å². The number of rotatable bonds is 0. The Hall–Kier alpha value is -0.780. The minimum atomic E-state index is 1.21. The molecule has 0 saturated heterocycles. The lowest BCUT2D eigenvalue weighted by Gasteiger charge is -1.89. The highest BCUT2D eigenvalue weighted by Crippen LogP contribution is 2.04. The Morgan fingerprint density at radius 2 is 0.692 bits per heavy atom. The molecule has 0 heterocycles. The summed E-state index contributed by atoms with van der Waals surface area (Å²) >= 11 is 0. The molecule has 0 aromatic carbocycles. The second-order valence-electron chi connectivity index (χ2n) is 3.50. The Kier molecular flexibility index (Phi) is 6.22. The normalized spacial score (nSPS) is 27.7. The third-order valence-electron chi connectivity index (χ3n) is 2.24. The van der Waals surface area contributed by atoms with Gasteiger partial charge in [-0.1, -0.05) is 36.5 Å². The fourth-order valence-corrected chi connectivity index (χ4v) is 1.45. The highest BCUT2D eigenvalue weighted by molar-refractivity contribution is 4.92. The van der Waals surface area contributed by atoms with Gasteiger partial charge in [-0.15, -0.1) is 0 Å². The molecule has 0 N–H and O–H groups in total. The first-order valence-electron chi connectivity index (χ1n) is 5.45. The Labute approximate surface area is 82.0 Å². The molecule has 0 amide bonds. The summed E-state index contributed by atoms with van der Waals surface area (Å²) in [4.78, 5) is 0. The SMILES string of the molecule is C1=C\CCC/C=C/CC/C=C/CC/1. The van der Waals surface area contributed by atoms with Crippen LogP contribution in [-0.4, -0.2) is 0 Å². The minimum absolute atomic E-state index is 1.21. The summed E-state index contributed by atoms with van der Waals surface area (Å²) in [7, 11) is 0. The number of allylic oxidation sites excluding steroid dienone is 6. The van der Waals surface area contributed by atoms with Crippen molar-refractivity contribution in [2.75, 3.05) is 0 Å². The van der Waals surface area contributed by atoms with Crippen molar-refractivity contribution in [3.8, 4) is 0 Å². The van der Waals surface area contributed by atoms with Crippen LogP contribution in [0.5, 0.6) is 0 Å². The van der Waals surface area contributed by atoms with Gasteiger partial charge in [-0.05, 0) is 44.9 Å². The minimum Gasteiger partial charge on any atom is -0.0885 e. The Morgan fingerprint density at radius 3 is 1.08 bits per heavy atom. The average Bonchev–Trinajstić information content (AvgIpc) is 2.18. The predicted molar refractivity (Wildman–Crippen MR) is 59.7 cm³/mol. The van der Waals surface area contributed by atoms with Gasteiger partial charge >= 0.3 is 0 Å². The standard InChI is InChI=1S/C13H20/c1-2-4-6-8-10-12-13-11-9-7-5-3-1/h1-2,7-10H,3-6,11-13H2/b2-1+,9-7-,10-8+. The quantitative estimate of drug-likeness (QED) is 0.480. The van der Waals surface area contributed by atoms with Crippen LogP contribution in [0.1, 0.15) is 44.9 Å². The van der Waals surface area contributed by atoms with Crippen molar-refractivity contribution in [1.29, 1.82) is 0 Å². The molecule has 0 bridgehead atoms. The van der Waals surface area contributed by atoms with E-state index in [9.17, 15) is 0 Å². The van der Waals surface area contributed by atoms with Gasteiger partial charge < -0.3 is 0 Å². The number of hydrogen-bond acceptors (Lipinski definition) is 0. The second-order valence-corrected chi connectivity index (χ2v) is 3.50. The van der Waals surface area contributed by atoms with Crippen LogP contribution in [-0.2, 0) is 0 Å². The van der Waals surface area contributed by atoms with Crippen molar-refractivity contribution in [3.63, 3.8) is 0 Å². The largest absolute Gasteiger partial charge is 0.0885 e. The zero-order valence-electron chi connectivity index (χ0n) is 8.41. The molecular weight excluding hydrogens is 156 g/mol. The van der Waals surface area contributed by atoms with E-state index < -0.39 is 0 Å². The Balaban J connectivity index is 2.27. The predicted octanol–water partition coefficient (Wildman–Crippen LogP) is 4.40. The zero-order valence-corrected chi connectivity index (χ0v) is 8.41. The molecule has 0 spiro atoms. The van der Waals surface area contributed by atoms with Crippen molar-refractivity contribution in [2.24, 2.45) is 0 Å². The molecule has 0 fully saturated rings. The Bertz CT molecular complexity index is 164. The Morgan fingerprint density at radius 1 is 0.385 bits per heavy atom. The first-order valence-corrected chi connectivity index (χ1v) is 5.45. The molecule has 0 aliphatic heterocycles. The van der Waals surface area contributed by atoms with E-state index in [4.69, 9.17) is 0 Å². The fourth-order valence-electron chi connectivity index (χ4n) is 1.45. The monoisotopic (exact) mass is 176 g/mol. The lowest BCUT2D eigenvalue weighted by molar-refractivity contribution is 0.859. The van der Waals surface area contributed by atoms with Gasteiger partial charge in [-0.2, -0.15) is 0 Å². The fraction of sp³-hybridized carbons (Fsp3) is 0.538. The van der Waals surface area contributed by atoms with Gasteiger partial charge in [0, 0.05) is 0 Å². The van der Waals surface area contributed by atoms with Crippen LogP contribution >= 0.6 is 0 Å². The van der Waals surface area contributed by atoms with Crippen molar-refractivity contribution in [3.05, 3.63) is 36.5 Å². The average molecular weight is 176 g/mol. The van der Waals surface area contributed by atoms with E-state index in [1.165, 1.54) is 44.9 Å². The van der Waals surface area contributed by atoms with Gasteiger partial charge in [0.15, 0.2) is 0 Å². The van der Waals surface area contributed by atoms with Crippen LogP contribution in [0.25, 0.3) is 0 Å². The highest BCUT2D eigenvalue weighted by Gasteiger charge is 1.83. The first kappa shape index (κ1) is 10.3. The van der Waals surface area contributed by atoms with Crippen LogP contribution in [0.4, 0.5) is 0 Å².